The molecule has 0 aromatic heterocycles. The number of methoxy groups -OCH3 is 3. The van der Waals surface area contributed by atoms with Crippen LogP contribution in [0.2, 0.25) is 0 Å². The van der Waals surface area contributed by atoms with E-state index in [1.54, 1.807) is 21.3 Å². The molecule has 0 radical (unpaired) electrons. The van der Waals surface area contributed by atoms with Crippen molar-refractivity contribution in [1.29, 1.82) is 0 Å². The van der Waals surface area contributed by atoms with Crippen molar-refractivity contribution < 1.29 is 14.2 Å². The van der Waals surface area contributed by atoms with E-state index in [4.69, 9.17) is 14.2 Å². The summed E-state index contributed by atoms with van der Waals surface area (Å²) in [6.45, 7) is 0.950. The van der Waals surface area contributed by atoms with Gasteiger partial charge in [0.15, 0.2) is 11.5 Å². The first-order chi connectivity index (χ1) is 11.3. The summed E-state index contributed by atoms with van der Waals surface area (Å²) in [5.74, 6) is 2.28. The lowest BCUT2D eigenvalue weighted by molar-refractivity contribution is 0.318. The molecule has 1 heterocycles. The van der Waals surface area contributed by atoms with Crippen LogP contribution in [0, 0.1) is 0 Å². The van der Waals surface area contributed by atoms with Crippen molar-refractivity contribution in [3.63, 3.8) is 0 Å². The van der Waals surface area contributed by atoms with Gasteiger partial charge in [-0.3, -0.25) is 0 Å². The van der Waals surface area contributed by atoms with Crippen molar-refractivity contribution in [2.24, 2.45) is 0 Å². The highest BCUT2D eigenvalue weighted by Gasteiger charge is 2.36. The zero-order valence-electron chi connectivity index (χ0n) is 13.7. The number of rotatable bonds is 3. The van der Waals surface area contributed by atoms with Crippen LogP contribution < -0.4 is 19.5 Å². The molecule has 0 bridgehead atoms. The summed E-state index contributed by atoms with van der Waals surface area (Å²) in [6.07, 6.45) is 1.93. The highest BCUT2D eigenvalue weighted by molar-refractivity contribution is 5.86. The molecule has 23 heavy (non-hydrogen) atoms. The second-order valence-electron chi connectivity index (χ2n) is 5.98. The van der Waals surface area contributed by atoms with Gasteiger partial charge in [-0.05, 0) is 36.1 Å². The van der Waals surface area contributed by atoms with Crippen LogP contribution in [0.4, 0.5) is 0 Å². The summed E-state index contributed by atoms with van der Waals surface area (Å²) >= 11 is 0. The molecule has 2 aromatic rings. The van der Waals surface area contributed by atoms with E-state index in [-0.39, 0.29) is 0 Å². The zero-order valence-corrected chi connectivity index (χ0v) is 13.7. The SMILES string of the molecule is COc1c2c3c(c(OC)c1OC)-c1ccccc1CC3NCC2. The molecule has 0 saturated carbocycles. The topological polar surface area (TPSA) is 39.7 Å². The first kappa shape index (κ1) is 14.4. The molecule has 120 valence electrons. The fraction of sp³-hybridized carbons (Fsp3) is 0.368. The van der Waals surface area contributed by atoms with Gasteiger partial charge in [-0.15, -0.1) is 0 Å². The minimum Gasteiger partial charge on any atom is -0.492 e. The predicted molar refractivity (Wildman–Crippen MR) is 89.7 cm³/mol. The maximum absolute atomic E-state index is 5.77. The van der Waals surface area contributed by atoms with Gasteiger partial charge in [0.1, 0.15) is 0 Å². The molecule has 0 spiro atoms. The molecule has 2 aromatic carbocycles. The quantitative estimate of drug-likeness (QED) is 0.945. The highest BCUT2D eigenvalue weighted by Crippen LogP contribution is 2.55. The number of nitrogens with one attached hydrogen (secondary N) is 1. The minimum atomic E-state index is 0.303. The summed E-state index contributed by atoms with van der Waals surface area (Å²) in [5, 5.41) is 3.65. The molecule has 0 saturated heterocycles. The molecule has 0 amide bonds. The Kier molecular flexibility index (Phi) is 3.42. The van der Waals surface area contributed by atoms with Crippen LogP contribution in [-0.2, 0) is 12.8 Å². The third-order valence-electron chi connectivity index (χ3n) is 4.95. The van der Waals surface area contributed by atoms with Crippen molar-refractivity contribution >= 4 is 0 Å². The Hall–Kier alpha value is -2.20. The molecule has 1 unspecified atom stereocenters. The third-order valence-corrected chi connectivity index (χ3v) is 4.95. The number of hydrogen-bond acceptors (Lipinski definition) is 4. The molecule has 1 aliphatic heterocycles. The second kappa shape index (κ2) is 5.46. The molecule has 4 nitrogen and oxygen atoms in total. The lowest BCUT2D eigenvalue weighted by atomic mass is 9.77. The number of ether oxygens (including phenoxy) is 3. The minimum absolute atomic E-state index is 0.303. The Labute approximate surface area is 136 Å². The average molecular weight is 311 g/mol. The van der Waals surface area contributed by atoms with Crippen LogP contribution in [0.25, 0.3) is 11.1 Å². The van der Waals surface area contributed by atoms with Crippen LogP contribution in [0.15, 0.2) is 24.3 Å². The standard InChI is InChI=1S/C19H21NO3/c1-21-17-13-8-9-20-14-10-11-6-4-5-7-12(11)16(15(13)14)18(22-2)19(17)23-3/h4-7,14,20H,8-10H2,1-3H3. The predicted octanol–water partition coefficient (Wildman–Crippen LogP) is 3.12. The molecule has 1 aliphatic carbocycles. The highest BCUT2D eigenvalue weighted by atomic mass is 16.5. The Bertz CT molecular complexity index is 770. The zero-order chi connectivity index (χ0) is 16.0. The van der Waals surface area contributed by atoms with Crippen LogP contribution in [0.1, 0.15) is 22.7 Å². The first-order valence-corrected chi connectivity index (χ1v) is 7.96. The van der Waals surface area contributed by atoms with E-state index < -0.39 is 0 Å². The fourth-order valence-electron chi connectivity index (χ4n) is 4.06. The lowest BCUT2D eigenvalue weighted by Gasteiger charge is -2.36. The number of fused-ring (bicyclic) bond motifs is 2. The maximum atomic E-state index is 5.77. The second-order valence-corrected chi connectivity index (χ2v) is 5.98. The summed E-state index contributed by atoms with van der Waals surface area (Å²) < 4.78 is 17.1. The van der Waals surface area contributed by atoms with Gasteiger partial charge < -0.3 is 19.5 Å². The molecule has 4 rings (SSSR count). The van der Waals surface area contributed by atoms with E-state index in [2.05, 4.69) is 29.6 Å². The molecule has 1 N–H and O–H groups in total. The largest absolute Gasteiger partial charge is 0.492 e. The van der Waals surface area contributed by atoms with Gasteiger partial charge in [-0.2, -0.15) is 0 Å². The van der Waals surface area contributed by atoms with Gasteiger partial charge in [0.05, 0.1) is 21.3 Å². The normalized spacial score (nSPS) is 18.0. The van der Waals surface area contributed by atoms with E-state index in [1.807, 2.05) is 0 Å². The van der Waals surface area contributed by atoms with Gasteiger partial charge in [0.25, 0.3) is 0 Å². The maximum Gasteiger partial charge on any atom is 0.204 e. The Morgan fingerprint density at radius 1 is 0.957 bits per heavy atom. The van der Waals surface area contributed by atoms with Crippen molar-refractivity contribution in [1.82, 2.24) is 5.32 Å². The van der Waals surface area contributed by atoms with Crippen LogP contribution >= 0.6 is 0 Å². The van der Waals surface area contributed by atoms with Crippen molar-refractivity contribution in [3.8, 4) is 28.4 Å². The summed E-state index contributed by atoms with van der Waals surface area (Å²) in [6, 6.07) is 8.85. The molecule has 2 aliphatic rings. The number of benzene rings is 2. The van der Waals surface area contributed by atoms with Crippen LogP contribution in [-0.4, -0.2) is 27.9 Å². The number of hydrogen-bond donors (Lipinski definition) is 1. The summed E-state index contributed by atoms with van der Waals surface area (Å²) in [4.78, 5) is 0. The Morgan fingerprint density at radius 2 is 1.70 bits per heavy atom. The smallest absolute Gasteiger partial charge is 0.204 e. The molecular weight excluding hydrogens is 290 g/mol. The van der Waals surface area contributed by atoms with Gasteiger partial charge >= 0.3 is 0 Å². The van der Waals surface area contributed by atoms with Gasteiger partial charge in [-0.25, -0.2) is 0 Å². The molecule has 0 fully saturated rings. The van der Waals surface area contributed by atoms with Gasteiger partial charge in [0.2, 0.25) is 5.75 Å². The Balaban J connectivity index is 2.13. The van der Waals surface area contributed by atoms with Crippen LogP contribution in [0.3, 0.4) is 0 Å². The van der Waals surface area contributed by atoms with Crippen molar-refractivity contribution in [2.45, 2.75) is 18.9 Å². The molecule has 1 atom stereocenters. The Morgan fingerprint density at radius 3 is 2.43 bits per heavy atom. The summed E-state index contributed by atoms with van der Waals surface area (Å²) in [5.41, 5.74) is 6.29. The van der Waals surface area contributed by atoms with E-state index in [0.29, 0.717) is 11.8 Å². The van der Waals surface area contributed by atoms with Crippen molar-refractivity contribution in [3.05, 3.63) is 41.0 Å². The van der Waals surface area contributed by atoms with E-state index in [0.717, 1.165) is 36.4 Å². The third kappa shape index (κ3) is 1.94. The molecule has 4 heteroatoms. The van der Waals surface area contributed by atoms with E-state index in [1.165, 1.54) is 22.3 Å². The molecular formula is C19H21NO3. The lowest BCUT2D eigenvalue weighted by Crippen LogP contribution is -2.34. The monoisotopic (exact) mass is 311 g/mol. The fourth-order valence-corrected chi connectivity index (χ4v) is 4.06. The van der Waals surface area contributed by atoms with E-state index in [9.17, 15) is 0 Å². The summed E-state index contributed by atoms with van der Waals surface area (Å²) in [7, 11) is 5.07. The van der Waals surface area contributed by atoms with Crippen molar-refractivity contribution in [2.75, 3.05) is 27.9 Å². The average Bonchev–Trinajstić information content (AvgIpc) is 2.60. The van der Waals surface area contributed by atoms with Crippen LogP contribution in [0.5, 0.6) is 17.2 Å². The van der Waals surface area contributed by atoms with Gasteiger partial charge in [0, 0.05) is 17.2 Å². The van der Waals surface area contributed by atoms with E-state index >= 15 is 0 Å². The van der Waals surface area contributed by atoms with Gasteiger partial charge in [-0.1, -0.05) is 24.3 Å². The first-order valence-electron chi connectivity index (χ1n) is 7.96.